The Morgan fingerprint density at radius 1 is 1.58 bits per heavy atom. The third kappa shape index (κ3) is 2.32. The highest BCUT2D eigenvalue weighted by Crippen LogP contribution is 2.17. The van der Waals surface area contributed by atoms with Crippen molar-refractivity contribution in [3.05, 3.63) is 0 Å². The highest BCUT2D eigenvalue weighted by Gasteiger charge is 2.30. The zero-order chi connectivity index (χ0) is 8.43. The van der Waals surface area contributed by atoms with Gasteiger partial charge in [-0.1, -0.05) is 21.3 Å². The van der Waals surface area contributed by atoms with Gasteiger partial charge < -0.3 is 4.74 Å². The molecule has 1 aliphatic rings. The molecule has 0 N–H and O–H groups in total. The second-order valence-electron chi connectivity index (χ2n) is 3.07. The molecular formula is C9H16O3. The summed E-state index contributed by atoms with van der Waals surface area (Å²) >= 11 is 0. The van der Waals surface area contributed by atoms with Crippen molar-refractivity contribution in [3.8, 4) is 0 Å². The van der Waals surface area contributed by atoms with E-state index in [4.69, 9.17) is 4.74 Å². The second kappa shape index (κ2) is 4.24. The van der Waals surface area contributed by atoms with Crippen molar-refractivity contribution in [1.82, 2.24) is 0 Å². The number of Topliss-reactive ketones (excluding diaryl/α,β-unsaturated/α-hetero) is 1. The molecule has 3 heteroatoms. The van der Waals surface area contributed by atoms with Gasteiger partial charge in [0.05, 0.1) is 0 Å². The number of ether oxygens (including phenoxy) is 1. The first-order chi connectivity index (χ1) is 5.11. The molecule has 12 heavy (non-hydrogen) atoms. The van der Waals surface area contributed by atoms with Crippen LogP contribution in [-0.4, -0.2) is 17.9 Å². The molecule has 1 rings (SSSR count). The first-order valence-corrected chi connectivity index (χ1v) is 3.84. The van der Waals surface area contributed by atoms with Crippen LogP contribution in [0, 0.1) is 5.92 Å². The third-order valence-electron chi connectivity index (χ3n) is 1.77. The van der Waals surface area contributed by atoms with E-state index in [2.05, 4.69) is 0 Å². The van der Waals surface area contributed by atoms with Gasteiger partial charge in [0.1, 0.15) is 0 Å². The molecule has 1 heterocycles. The summed E-state index contributed by atoms with van der Waals surface area (Å²) in [4.78, 5) is 21.8. The number of hydrogen-bond donors (Lipinski definition) is 0. The predicted molar refractivity (Wildman–Crippen MR) is 45.7 cm³/mol. The van der Waals surface area contributed by atoms with Crippen LogP contribution in [0.4, 0.5) is 0 Å². The molecule has 0 aromatic rings. The quantitative estimate of drug-likeness (QED) is 0.593. The molecule has 1 atom stereocenters. The van der Waals surface area contributed by atoms with Crippen LogP contribution in [0.3, 0.4) is 0 Å². The Labute approximate surface area is 73.1 Å². The Morgan fingerprint density at radius 3 is 2.50 bits per heavy atom. The van der Waals surface area contributed by atoms with Gasteiger partial charge in [-0.25, -0.2) is 0 Å². The standard InChI is InChI=1S/C8H12O3.CH4/c1-5(2)8(10)6-3-4-7(9)11-6;/h5-6H,3-4H2,1-2H3;1H4/t6-;/m1./s1. The molecule has 0 aromatic heterocycles. The predicted octanol–water partition coefficient (Wildman–Crippen LogP) is 1.55. The van der Waals surface area contributed by atoms with Gasteiger partial charge in [-0.2, -0.15) is 0 Å². The van der Waals surface area contributed by atoms with Crippen molar-refractivity contribution in [1.29, 1.82) is 0 Å². The van der Waals surface area contributed by atoms with Gasteiger partial charge in [-0.05, 0) is 0 Å². The first kappa shape index (κ1) is 11.1. The van der Waals surface area contributed by atoms with E-state index in [1.807, 2.05) is 13.8 Å². The lowest BCUT2D eigenvalue weighted by atomic mass is 10.0. The average molecular weight is 172 g/mol. The molecule has 1 aliphatic heterocycles. The van der Waals surface area contributed by atoms with Gasteiger partial charge >= 0.3 is 5.97 Å². The van der Waals surface area contributed by atoms with Crippen LogP contribution in [-0.2, 0) is 14.3 Å². The fraction of sp³-hybridized carbons (Fsp3) is 0.778. The lowest BCUT2D eigenvalue weighted by Gasteiger charge is -2.09. The largest absolute Gasteiger partial charge is 0.454 e. The Hall–Kier alpha value is -0.860. The molecule has 0 radical (unpaired) electrons. The highest BCUT2D eigenvalue weighted by atomic mass is 16.6. The fourth-order valence-corrected chi connectivity index (χ4v) is 1.10. The van der Waals surface area contributed by atoms with Crippen LogP contribution < -0.4 is 0 Å². The van der Waals surface area contributed by atoms with Crippen molar-refractivity contribution in [3.63, 3.8) is 0 Å². The van der Waals surface area contributed by atoms with Crippen LogP contribution in [0.25, 0.3) is 0 Å². The van der Waals surface area contributed by atoms with E-state index in [-0.39, 0.29) is 25.1 Å². The molecule has 0 amide bonds. The molecular weight excluding hydrogens is 156 g/mol. The molecule has 1 saturated heterocycles. The molecule has 0 saturated carbocycles. The van der Waals surface area contributed by atoms with Crippen LogP contribution in [0.15, 0.2) is 0 Å². The fourth-order valence-electron chi connectivity index (χ4n) is 1.10. The van der Waals surface area contributed by atoms with E-state index >= 15 is 0 Å². The third-order valence-corrected chi connectivity index (χ3v) is 1.77. The maximum absolute atomic E-state index is 11.2. The molecule has 0 aliphatic carbocycles. The van der Waals surface area contributed by atoms with E-state index in [1.54, 1.807) is 0 Å². The summed E-state index contributed by atoms with van der Waals surface area (Å²) in [5.74, 6) is -0.245. The molecule has 70 valence electrons. The lowest BCUT2D eigenvalue weighted by molar-refractivity contribution is -0.148. The van der Waals surface area contributed by atoms with Crippen molar-refractivity contribution < 1.29 is 14.3 Å². The second-order valence-corrected chi connectivity index (χ2v) is 3.07. The number of ketones is 1. The zero-order valence-electron chi connectivity index (χ0n) is 6.79. The van der Waals surface area contributed by atoms with E-state index in [1.165, 1.54) is 0 Å². The first-order valence-electron chi connectivity index (χ1n) is 3.84. The normalized spacial score (nSPS) is 21.9. The van der Waals surface area contributed by atoms with Gasteiger partial charge in [0.15, 0.2) is 11.9 Å². The Balaban J connectivity index is 0.00000121. The summed E-state index contributed by atoms with van der Waals surface area (Å²) in [7, 11) is 0. The molecule has 0 unspecified atom stereocenters. The van der Waals surface area contributed by atoms with E-state index in [0.29, 0.717) is 12.8 Å². The molecule has 1 fully saturated rings. The summed E-state index contributed by atoms with van der Waals surface area (Å²) < 4.78 is 4.80. The summed E-state index contributed by atoms with van der Waals surface area (Å²) in [6.07, 6.45) is 0.501. The number of carbonyl (C=O) groups excluding carboxylic acids is 2. The Morgan fingerprint density at radius 2 is 2.17 bits per heavy atom. The number of carbonyl (C=O) groups is 2. The van der Waals surface area contributed by atoms with Crippen molar-refractivity contribution >= 4 is 11.8 Å². The molecule has 0 spiro atoms. The van der Waals surface area contributed by atoms with Gasteiger partial charge in [0, 0.05) is 18.8 Å². The van der Waals surface area contributed by atoms with Crippen LogP contribution >= 0.6 is 0 Å². The minimum absolute atomic E-state index is 0. The topological polar surface area (TPSA) is 43.4 Å². The van der Waals surface area contributed by atoms with Gasteiger partial charge in [0.2, 0.25) is 0 Å². The number of hydrogen-bond acceptors (Lipinski definition) is 3. The summed E-state index contributed by atoms with van der Waals surface area (Å²) in [6.45, 7) is 3.63. The number of esters is 1. The number of rotatable bonds is 2. The van der Waals surface area contributed by atoms with Crippen molar-refractivity contribution in [2.45, 2.75) is 40.2 Å². The molecule has 0 aromatic carbocycles. The molecule has 0 bridgehead atoms. The van der Waals surface area contributed by atoms with Crippen molar-refractivity contribution in [2.24, 2.45) is 5.92 Å². The monoisotopic (exact) mass is 172 g/mol. The minimum atomic E-state index is -0.456. The van der Waals surface area contributed by atoms with Crippen molar-refractivity contribution in [2.75, 3.05) is 0 Å². The van der Waals surface area contributed by atoms with E-state index in [9.17, 15) is 9.59 Å². The van der Waals surface area contributed by atoms with Crippen LogP contribution in [0.1, 0.15) is 34.1 Å². The Kier molecular flexibility index (Phi) is 3.93. The Bertz CT molecular complexity index is 184. The van der Waals surface area contributed by atoms with Gasteiger partial charge in [-0.15, -0.1) is 0 Å². The van der Waals surface area contributed by atoms with E-state index < -0.39 is 6.10 Å². The SMILES string of the molecule is C.CC(C)C(=O)[C@H]1CCC(=O)O1. The average Bonchev–Trinajstić information content (AvgIpc) is 2.34. The maximum Gasteiger partial charge on any atom is 0.306 e. The smallest absolute Gasteiger partial charge is 0.306 e. The van der Waals surface area contributed by atoms with Gasteiger partial charge in [0.25, 0.3) is 0 Å². The summed E-state index contributed by atoms with van der Waals surface area (Å²) in [5, 5.41) is 0. The highest BCUT2D eigenvalue weighted by molar-refractivity contribution is 5.89. The van der Waals surface area contributed by atoms with Crippen LogP contribution in [0.5, 0.6) is 0 Å². The zero-order valence-corrected chi connectivity index (χ0v) is 6.79. The molecule has 3 nitrogen and oxygen atoms in total. The summed E-state index contributed by atoms with van der Waals surface area (Å²) in [5.41, 5.74) is 0. The number of cyclic esters (lactones) is 1. The minimum Gasteiger partial charge on any atom is -0.454 e. The van der Waals surface area contributed by atoms with Crippen LogP contribution in [0.2, 0.25) is 0 Å². The van der Waals surface area contributed by atoms with Gasteiger partial charge in [-0.3, -0.25) is 9.59 Å². The van der Waals surface area contributed by atoms with E-state index in [0.717, 1.165) is 0 Å². The lowest BCUT2D eigenvalue weighted by Crippen LogP contribution is -2.24. The summed E-state index contributed by atoms with van der Waals surface area (Å²) in [6, 6.07) is 0. The maximum atomic E-state index is 11.2.